The van der Waals surface area contributed by atoms with Crippen molar-refractivity contribution in [1.29, 1.82) is 0 Å². The number of hydrogen-bond acceptors (Lipinski definition) is 4. The maximum atomic E-state index is 13.3. The molecule has 0 aromatic heterocycles. The molecule has 4 heteroatoms. The molecule has 4 rings (SSSR count). The predicted molar refractivity (Wildman–Crippen MR) is 107 cm³/mol. The second kappa shape index (κ2) is 7.24. The zero-order chi connectivity index (χ0) is 19.6. The van der Waals surface area contributed by atoms with Crippen LogP contribution < -0.4 is 4.74 Å². The normalized spacial score (nSPS) is 14.4. The van der Waals surface area contributed by atoms with Crippen molar-refractivity contribution in [2.75, 3.05) is 6.61 Å². The largest absolute Gasteiger partial charge is 0.515 e. The lowest BCUT2D eigenvalue weighted by atomic mass is 9.74. The van der Waals surface area contributed by atoms with Crippen molar-refractivity contribution in [2.24, 2.45) is 0 Å². The molecule has 0 spiro atoms. The summed E-state index contributed by atoms with van der Waals surface area (Å²) in [7, 11) is 0. The van der Waals surface area contributed by atoms with Gasteiger partial charge in [-0.25, -0.2) is 0 Å². The lowest BCUT2D eigenvalue weighted by Gasteiger charge is -2.35. The Morgan fingerprint density at radius 2 is 1.46 bits per heavy atom. The van der Waals surface area contributed by atoms with Crippen molar-refractivity contribution in [1.82, 2.24) is 0 Å². The Hall–Kier alpha value is -3.53. The maximum Gasteiger partial charge on any atom is 0.321 e. The molecule has 28 heavy (non-hydrogen) atoms. The van der Waals surface area contributed by atoms with Crippen LogP contribution in [0.5, 0.6) is 11.5 Å². The van der Waals surface area contributed by atoms with Gasteiger partial charge in [0.05, 0.1) is 6.26 Å². The van der Waals surface area contributed by atoms with E-state index >= 15 is 0 Å². The molecule has 0 saturated carbocycles. The molecule has 3 aromatic rings. The van der Waals surface area contributed by atoms with E-state index in [1.807, 2.05) is 85.8 Å². The number of aliphatic hydroxyl groups excluding tert-OH is 1. The lowest BCUT2D eigenvalue weighted by molar-refractivity contribution is -0.147. The summed E-state index contributed by atoms with van der Waals surface area (Å²) in [6, 6.07) is 24.3. The molecule has 1 heterocycles. The van der Waals surface area contributed by atoms with Crippen molar-refractivity contribution < 1.29 is 19.4 Å². The van der Waals surface area contributed by atoms with Crippen LogP contribution in [0.2, 0.25) is 0 Å². The number of carbonyl (C=O) groups is 1. The van der Waals surface area contributed by atoms with Crippen LogP contribution in [0.25, 0.3) is 5.57 Å². The average molecular weight is 372 g/mol. The second-order valence-electron chi connectivity index (χ2n) is 6.82. The summed E-state index contributed by atoms with van der Waals surface area (Å²) in [6.07, 6.45) is 0.983. The first-order valence-electron chi connectivity index (χ1n) is 9.07. The minimum Gasteiger partial charge on any atom is -0.515 e. The van der Waals surface area contributed by atoms with E-state index in [1.165, 1.54) is 0 Å². The highest BCUT2D eigenvalue weighted by molar-refractivity contribution is 5.90. The topological polar surface area (TPSA) is 55.8 Å². The molecule has 0 radical (unpaired) electrons. The van der Waals surface area contributed by atoms with Crippen LogP contribution in [0.4, 0.5) is 0 Å². The molecule has 1 aliphatic rings. The number of para-hydroxylation sites is 2. The molecular weight excluding hydrogens is 352 g/mol. The van der Waals surface area contributed by atoms with Gasteiger partial charge in [-0.2, -0.15) is 0 Å². The third kappa shape index (κ3) is 2.93. The van der Waals surface area contributed by atoms with Gasteiger partial charge in [0, 0.05) is 16.7 Å². The highest BCUT2D eigenvalue weighted by atomic mass is 16.5. The summed E-state index contributed by atoms with van der Waals surface area (Å²) in [4.78, 5) is 13.3. The molecule has 0 atom stereocenters. The number of esters is 1. The van der Waals surface area contributed by atoms with Crippen molar-refractivity contribution in [3.8, 4) is 11.5 Å². The summed E-state index contributed by atoms with van der Waals surface area (Å²) in [6.45, 7) is 1.82. The third-order valence-corrected chi connectivity index (χ3v) is 5.14. The van der Waals surface area contributed by atoms with E-state index in [9.17, 15) is 9.90 Å². The Balaban J connectivity index is 1.67. The highest BCUT2D eigenvalue weighted by Gasteiger charge is 2.45. The minimum atomic E-state index is -1.01. The molecule has 0 fully saturated rings. The number of carbonyl (C=O) groups excluding carboxylic acids is 1. The van der Waals surface area contributed by atoms with E-state index in [2.05, 4.69) is 0 Å². The SMILES string of the molecule is CC1(C(=O)OCC(=CO)c2ccccc2)c2ccccc2Oc2ccccc21. The Kier molecular flexibility index (Phi) is 4.62. The predicted octanol–water partition coefficient (Wildman–Crippen LogP) is 5.24. The molecule has 1 N–H and O–H groups in total. The zero-order valence-corrected chi connectivity index (χ0v) is 15.5. The van der Waals surface area contributed by atoms with Crippen LogP contribution >= 0.6 is 0 Å². The lowest BCUT2D eigenvalue weighted by Crippen LogP contribution is -2.38. The van der Waals surface area contributed by atoms with Crippen LogP contribution in [0, 0.1) is 0 Å². The monoisotopic (exact) mass is 372 g/mol. The van der Waals surface area contributed by atoms with E-state index in [0.29, 0.717) is 17.1 Å². The fourth-order valence-corrected chi connectivity index (χ4v) is 3.56. The Labute approximate surface area is 163 Å². The van der Waals surface area contributed by atoms with E-state index in [0.717, 1.165) is 23.0 Å². The van der Waals surface area contributed by atoms with Crippen LogP contribution in [0.1, 0.15) is 23.6 Å². The zero-order valence-electron chi connectivity index (χ0n) is 15.5. The fourth-order valence-electron chi connectivity index (χ4n) is 3.56. The van der Waals surface area contributed by atoms with Crippen LogP contribution in [-0.2, 0) is 14.9 Å². The third-order valence-electron chi connectivity index (χ3n) is 5.14. The van der Waals surface area contributed by atoms with E-state index in [-0.39, 0.29) is 6.61 Å². The van der Waals surface area contributed by atoms with Crippen LogP contribution in [-0.4, -0.2) is 17.7 Å². The van der Waals surface area contributed by atoms with Crippen molar-refractivity contribution in [3.05, 3.63) is 102 Å². The Morgan fingerprint density at radius 1 is 0.929 bits per heavy atom. The molecule has 0 bridgehead atoms. The smallest absolute Gasteiger partial charge is 0.321 e. The number of rotatable bonds is 4. The molecule has 3 aromatic carbocycles. The average Bonchev–Trinajstić information content (AvgIpc) is 2.75. The second-order valence-corrected chi connectivity index (χ2v) is 6.82. The van der Waals surface area contributed by atoms with Gasteiger partial charge in [-0.15, -0.1) is 0 Å². The van der Waals surface area contributed by atoms with E-state index in [4.69, 9.17) is 9.47 Å². The van der Waals surface area contributed by atoms with Crippen LogP contribution in [0.3, 0.4) is 0 Å². The van der Waals surface area contributed by atoms with Gasteiger partial charge in [-0.05, 0) is 24.6 Å². The molecule has 0 amide bonds. The highest BCUT2D eigenvalue weighted by Crippen LogP contribution is 2.48. The van der Waals surface area contributed by atoms with Crippen molar-refractivity contribution in [3.63, 3.8) is 0 Å². The van der Waals surface area contributed by atoms with Crippen molar-refractivity contribution >= 4 is 11.5 Å². The van der Waals surface area contributed by atoms with Gasteiger partial charge in [0.2, 0.25) is 0 Å². The summed E-state index contributed by atoms with van der Waals surface area (Å²) in [5.74, 6) is 0.884. The Bertz CT molecular complexity index is 992. The van der Waals surface area contributed by atoms with Crippen molar-refractivity contribution in [2.45, 2.75) is 12.3 Å². The number of benzene rings is 3. The van der Waals surface area contributed by atoms with Gasteiger partial charge in [-0.1, -0.05) is 66.7 Å². The molecule has 0 saturated heterocycles. The first-order chi connectivity index (χ1) is 13.6. The number of fused-ring (bicyclic) bond motifs is 2. The summed E-state index contributed by atoms with van der Waals surface area (Å²) >= 11 is 0. The number of hydrogen-bond donors (Lipinski definition) is 1. The fraction of sp³-hybridized carbons (Fsp3) is 0.125. The van der Waals surface area contributed by atoms with Gasteiger partial charge in [0.1, 0.15) is 23.5 Å². The molecular formula is C24H20O4. The molecule has 140 valence electrons. The van der Waals surface area contributed by atoms with E-state index < -0.39 is 11.4 Å². The molecule has 1 aliphatic heterocycles. The van der Waals surface area contributed by atoms with Gasteiger partial charge in [0.25, 0.3) is 0 Å². The van der Waals surface area contributed by atoms with Gasteiger partial charge in [-0.3, -0.25) is 4.79 Å². The molecule has 4 nitrogen and oxygen atoms in total. The Morgan fingerprint density at radius 3 is 2.04 bits per heavy atom. The summed E-state index contributed by atoms with van der Waals surface area (Å²) in [5.41, 5.74) is 1.84. The number of ether oxygens (including phenoxy) is 2. The molecule has 0 aliphatic carbocycles. The first kappa shape index (κ1) is 17.9. The quantitative estimate of drug-likeness (QED) is 0.503. The summed E-state index contributed by atoms with van der Waals surface area (Å²) in [5, 5.41) is 9.61. The minimum absolute atomic E-state index is 0.0277. The molecule has 0 unspecified atom stereocenters. The van der Waals surface area contributed by atoms with Crippen LogP contribution in [0.15, 0.2) is 85.1 Å². The van der Waals surface area contributed by atoms with Gasteiger partial charge in [0.15, 0.2) is 0 Å². The van der Waals surface area contributed by atoms with Gasteiger partial charge < -0.3 is 14.6 Å². The van der Waals surface area contributed by atoms with Gasteiger partial charge >= 0.3 is 5.97 Å². The van der Waals surface area contributed by atoms with E-state index in [1.54, 1.807) is 0 Å². The standard InChI is InChI=1S/C24H20O4/c1-24(23(26)27-16-18(15-25)17-9-3-2-4-10-17)19-11-5-7-13-21(19)28-22-14-8-6-12-20(22)24/h2-15,25H,16H2,1H3. The number of aliphatic hydroxyl groups is 1. The first-order valence-corrected chi connectivity index (χ1v) is 9.07. The summed E-state index contributed by atoms with van der Waals surface area (Å²) < 4.78 is 11.7. The maximum absolute atomic E-state index is 13.3.